The highest BCUT2D eigenvalue weighted by Crippen LogP contribution is 2.26. The summed E-state index contributed by atoms with van der Waals surface area (Å²) in [5.41, 5.74) is 0.432. The Morgan fingerprint density at radius 1 is 1.03 bits per heavy atom. The van der Waals surface area contributed by atoms with Crippen molar-refractivity contribution in [2.24, 2.45) is 0 Å². The molecular formula is C24H28BrClN6O2. The van der Waals surface area contributed by atoms with Crippen LogP contribution in [0.1, 0.15) is 36.0 Å². The Bertz CT molecular complexity index is 1090. The summed E-state index contributed by atoms with van der Waals surface area (Å²) in [7, 11) is 3.90. The van der Waals surface area contributed by atoms with Gasteiger partial charge in [-0.1, -0.05) is 18.2 Å². The lowest BCUT2D eigenvalue weighted by Crippen LogP contribution is -2.40. The van der Waals surface area contributed by atoms with E-state index < -0.39 is 0 Å². The molecule has 1 fully saturated rings. The molecule has 1 aromatic carbocycles. The molecule has 34 heavy (non-hydrogen) atoms. The predicted molar refractivity (Wildman–Crippen MR) is 139 cm³/mol. The van der Waals surface area contributed by atoms with Crippen molar-refractivity contribution in [3.05, 3.63) is 64.9 Å². The molecule has 4 rings (SSSR count). The van der Waals surface area contributed by atoms with Gasteiger partial charge in [-0.15, -0.1) is 12.4 Å². The number of aromatic nitrogens is 3. The van der Waals surface area contributed by atoms with E-state index in [1.54, 1.807) is 24.5 Å². The molecule has 0 unspecified atom stereocenters. The molecule has 1 saturated carbocycles. The minimum Gasteiger partial charge on any atom is -0.438 e. The molecule has 2 heterocycles. The summed E-state index contributed by atoms with van der Waals surface area (Å²) in [6.07, 6.45) is 6.97. The van der Waals surface area contributed by atoms with Gasteiger partial charge in [0.2, 0.25) is 11.8 Å². The van der Waals surface area contributed by atoms with E-state index in [2.05, 4.69) is 41.5 Å². The van der Waals surface area contributed by atoms with Crippen LogP contribution in [0.15, 0.2) is 59.3 Å². The number of carbonyl (C=O) groups excluding carboxylic acids is 1. The maximum Gasteiger partial charge on any atom is 0.257 e. The number of pyridine rings is 1. The maximum atomic E-state index is 13.0. The van der Waals surface area contributed by atoms with E-state index in [-0.39, 0.29) is 30.4 Å². The molecule has 1 amide bonds. The molecule has 0 atom stereocenters. The number of carbonyl (C=O) groups is 1. The van der Waals surface area contributed by atoms with Crippen LogP contribution >= 0.6 is 28.3 Å². The van der Waals surface area contributed by atoms with Gasteiger partial charge in [-0.3, -0.25) is 4.79 Å². The molecule has 2 N–H and O–H groups in total. The minimum atomic E-state index is -0.169. The topological polar surface area (TPSA) is 92.3 Å². The molecule has 0 aliphatic heterocycles. The fourth-order valence-electron chi connectivity index (χ4n) is 3.81. The van der Waals surface area contributed by atoms with Crippen LogP contribution in [0.5, 0.6) is 11.6 Å². The van der Waals surface area contributed by atoms with Crippen LogP contribution in [0.25, 0.3) is 0 Å². The highest BCUT2D eigenvalue weighted by Gasteiger charge is 2.25. The number of nitrogens with one attached hydrogen (secondary N) is 2. The molecule has 10 heteroatoms. The zero-order valence-corrected chi connectivity index (χ0v) is 21.5. The van der Waals surface area contributed by atoms with Gasteiger partial charge >= 0.3 is 0 Å². The van der Waals surface area contributed by atoms with Crippen LogP contribution in [0, 0.1) is 0 Å². The molecule has 1 aliphatic rings. The molecule has 180 valence electrons. The molecule has 2 aromatic heterocycles. The number of nitrogens with zero attached hydrogens (tertiary/aromatic N) is 4. The number of halogens is 2. The summed E-state index contributed by atoms with van der Waals surface area (Å²) in [6, 6.07) is 13.2. The summed E-state index contributed by atoms with van der Waals surface area (Å²) in [4.78, 5) is 28.1. The summed E-state index contributed by atoms with van der Waals surface area (Å²) in [6.45, 7) is 0. The molecule has 0 radical (unpaired) electrons. The van der Waals surface area contributed by atoms with Crippen molar-refractivity contribution in [2.45, 2.75) is 37.8 Å². The normalized spacial score (nSPS) is 17.3. The third kappa shape index (κ3) is 6.57. The van der Waals surface area contributed by atoms with E-state index in [4.69, 9.17) is 4.74 Å². The largest absolute Gasteiger partial charge is 0.438 e. The molecule has 0 bridgehead atoms. The van der Waals surface area contributed by atoms with E-state index in [1.165, 1.54) is 0 Å². The Hall–Kier alpha value is -2.91. The molecule has 8 nitrogen and oxygen atoms in total. The fraction of sp³-hybridized carbons (Fsp3) is 0.333. The summed E-state index contributed by atoms with van der Waals surface area (Å²) < 4.78 is 6.69. The van der Waals surface area contributed by atoms with Crippen molar-refractivity contribution >= 4 is 46.0 Å². The second kappa shape index (κ2) is 12.0. The highest BCUT2D eigenvalue weighted by atomic mass is 79.9. The van der Waals surface area contributed by atoms with Gasteiger partial charge in [-0.25, -0.2) is 9.97 Å². The number of anilines is 2. The monoisotopic (exact) mass is 546 g/mol. The van der Waals surface area contributed by atoms with Crippen molar-refractivity contribution < 1.29 is 9.53 Å². The standard InChI is InChI=1S/C24H27BrN6O2.ClH/c1-31(2)21-20(25)15-27-24(30-21)29-17-12-10-16(11-13-17)28-22(32)19-9-6-14-26-23(19)33-18-7-4-3-5-8-18;/h3-9,14-17H,10-13H2,1-2H3,(H,28,32)(H,27,29,30);1H/t16-,17+;. The Morgan fingerprint density at radius 2 is 1.74 bits per heavy atom. The third-order valence-corrected chi connectivity index (χ3v) is 6.08. The summed E-state index contributed by atoms with van der Waals surface area (Å²) in [5.74, 6) is 2.23. The van der Waals surface area contributed by atoms with Crippen LogP contribution in [-0.4, -0.2) is 47.0 Å². The lowest BCUT2D eigenvalue weighted by molar-refractivity contribution is 0.0923. The SMILES string of the molecule is CN(C)c1nc(N[C@H]2CC[C@@H](NC(=O)c3cccnc3Oc3ccccc3)CC2)ncc1Br.Cl. The third-order valence-electron chi connectivity index (χ3n) is 5.52. The molecule has 0 spiro atoms. The zero-order chi connectivity index (χ0) is 23.2. The maximum absolute atomic E-state index is 13.0. The Morgan fingerprint density at radius 3 is 2.44 bits per heavy atom. The zero-order valence-electron chi connectivity index (χ0n) is 19.1. The lowest BCUT2D eigenvalue weighted by Gasteiger charge is -2.30. The van der Waals surface area contributed by atoms with Crippen LogP contribution in [0.4, 0.5) is 11.8 Å². The number of hydrogen-bond acceptors (Lipinski definition) is 7. The van der Waals surface area contributed by atoms with Gasteiger partial charge in [0.15, 0.2) is 0 Å². The van der Waals surface area contributed by atoms with Gasteiger partial charge in [0.25, 0.3) is 5.91 Å². The second-order valence-corrected chi connectivity index (χ2v) is 9.05. The molecule has 0 saturated heterocycles. The number of amides is 1. The van der Waals surface area contributed by atoms with E-state index in [1.807, 2.05) is 49.3 Å². The van der Waals surface area contributed by atoms with Crippen LogP contribution < -0.4 is 20.3 Å². The van der Waals surface area contributed by atoms with Gasteiger partial charge in [0.05, 0.1) is 4.47 Å². The number of ether oxygens (including phenoxy) is 1. The minimum absolute atomic E-state index is 0. The highest BCUT2D eigenvalue weighted by molar-refractivity contribution is 9.10. The van der Waals surface area contributed by atoms with Crippen molar-refractivity contribution in [1.82, 2.24) is 20.3 Å². The first-order valence-electron chi connectivity index (χ1n) is 10.9. The van der Waals surface area contributed by atoms with Crippen molar-refractivity contribution in [3.63, 3.8) is 0 Å². The average molecular weight is 548 g/mol. The Balaban J connectivity index is 0.00000324. The van der Waals surface area contributed by atoms with Gasteiger partial charge in [0.1, 0.15) is 17.1 Å². The smallest absolute Gasteiger partial charge is 0.257 e. The van der Waals surface area contributed by atoms with E-state index >= 15 is 0 Å². The van der Waals surface area contributed by atoms with Crippen molar-refractivity contribution in [3.8, 4) is 11.6 Å². The van der Waals surface area contributed by atoms with Crippen LogP contribution in [0.3, 0.4) is 0 Å². The average Bonchev–Trinajstić information content (AvgIpc) is 2.82. The van der Waals surface area contributed by atoms with Gasteiger partial charge in [-0.2, -0.15) is 4.98 Å². The van der Waals surface area contributed by atoms with Gasteiger partial charge in [-0.05, 0) is 65.9 Å². The van der Waals surface area contributed by atoms with E-state index in [0.29, 0.717) is 23.1 Å². The Labute approximate surface area is 214 Å². The quantitative estimate of drug-likeness (QED) is 0.427. The Kier molecular flexibility index (Phi) is 9.06. The predicted octanol–water partition coefficient (Wildman–Crippen LogP) is 5.07. The first-order chi connectivity index (χ1) is 16.0. The second-order valence-electron chi connectivity index (χ2n) is 8.20. The fourth-order valence-corrected chi connectivity index (χ4v) is 4.36. The van der Waals surface area contributed by atoms with Gasteiger partial charge in [0, 0.05) is 38.6 Å². The first kappa shape index (κ1) is 25.7. The van der Waals surface area contributed by atoms with Gasteiger partial charge < -0.3 is 20.3 Å². The number of hydrogen-bond donors (Lipinski definition) is 2. The number of rotatable bonds is 7. The molecule has 1 aliphatic carbocycles. The summed E-state index contributed by atoms with van der Waals surface area (Å²) in [5, 5.41) is 6.58. The van der Waals surface area contributed by atoms with Crippen molar-refractivity contribution in [2.75, 3.05) is 24.3 Å². The van der Waals surface area contributed by atoms with Crippen molar-refractivity contribution in [1.29, 1.82) is 0 Å². The molecule has 3 aromatic rings. The molecular weight excluding hydrogens is 520 g/mol. The first-order valence-corrected chi connectivity index (χ1v) is 11.7. The number of para-hydroxylation sites is 1. The lowest BCUT2D eigenvalue weighted by atomic mass is 9.91. The van der Waals surface area contributed by atoms with Crippen LogP contribution in [-0.2, 0) is 0 Å². The van der Waals surface area contributed by atoms with E-state index in [9.17, 15) is 4.79 Å². The van der Waals surface area contributed by atoms with Crippen LogP contribution in [0.2, 0.25) is 0 Å². The summed E-state index contributed by atoms with van der Waals surface area (Å²) >= 11 is 3.48. The number of benzene rings is 1. The van der Waals surface area contributed by atoms with E-state index in [0.717, 1.165) is 36.0 Å².